The average Bonchev–Trinajstić information content (AvgIpc) is 3.47. The molecule has 0 radical (unpaired) electrons. The zero-order chi connectivity index (χ0) is 18.9. The normalized spacial score (nSPS) is 11.0. The summed E-state index contributed by atoms with van der Waals surface area (Å²) in [4.78, 5) is 24.3. The fourth-order valence-electron chi connectivity index (χ4n) is 2.97. The van der Waals surface area contributed by atoms with Gasteiger partial charge in [-0.2, -0.15) is 5.10 Å². The molecule has 0 aliphatic heterocycles. The Labute approximate surface area is 158 Å². The molecule has 0 bridgehead atoms. The van der Waals surface area contributed by atoms with E-state index in [0.29, 0.717) is 28.5 Å². The monoisotopic (exact) mass is 370 g/mol. The van der Waals surface area contributed by atoms with Crippen LogP contribution in [0.15, 0.2) is 71.7 Å². The minimum atomic E-state index is -0.247. The number of aromatic amines is 2. The van der Waals surface area contributed by atoms with Gasteiger partial charge in [-0.15, -0.1) is 0 Å². The predicted molar refractivity (Wildman–Crippen MR) is 104 cm³/mol. The average molecular weight is 370 g/mol. The molecule has 5 rings (SSSR count). The number of nitrogens with one attached hydrogen (secondary N) is 3. The van der Waals surface area contributed by atoms with E-state index in [2.05, 4.69) is 30.5 Å². The number of hydrogen-bond donors (Lipinski definition) is 3. The summed E-state index contributed by atoms with van der Waals surface area (Å²) in [7, 11) is 0. The standard InChI is InChI=1S/C20H14N6O2/c27-20(13-7-5-12(6-8-13)17-10-21-11-28-17)25-16-9-22-26-18(16)19-23-14-3-1-2-4-15(14)24-19/h1-11H,(H,22,26)(H,23,24)(H,25,27). The number of aromatic nitrogens is 5. The SMILES string of the molecule is O=C(Nc1c[nH]nc1-c1nc2ccccc2[nH]1)c1ccc(-c2cnco2)cc1. The molecule has 0 saturated heterocycles. The molecule has 8 nitrogen and oxygen atoms in total. The molecular formula is C20H14N6O2. The van der Waals surface area contributed by atoms with E-state index in [4.69, 9.17) is 4.42 Å². The molecule has 0 atom stereocenters. The Bertz CT molecular complexity index is 1220. The van der Waals surface area contributed by atoms with Crippen molar-refractivity contribution in [2.45, 2.75) is 0 Å². The van der Waals surface area contributed by atoms with Crippen molar-refractivity contribution in [3.63, 3.8) is 0 Å². The van der Waals surface area contributed by atoms with Gasteiger partial charge in [-0.3, -0.25) is 9.89 Å². The summed E-state index contributed by atoms with van der Waals surface area (Å²) < 4.78 is 5.26. The quantitative estimate of drug-likeness (QED) is 0.445. The number of rotatable bonds is 4. The Hall–Kier alpha value is -4.20. The van der Waals surface area contributed by atoms with Crippen molar-refractivity contribution in [2.75, 3.05) is 5.32 Å². The van der Waals surface area contributed by atoms with Crippen LogP contribution < -0.4 is 5.32 Å². The van der Waals surface area contributed by atoms with Gasteiger partial charge in [0.1, 0.15) is 0 Å². The van der Waals surface area contributed by atoms with Gasteiger partial charge in [0.25, 0.3) is 5.91 Å². The molecule has 8 heteroatoms. The van der Waals surface area contributed by atoms with Crippen LogP contribution in [-0.4, -0.2) is 31.1 Å². The molecule has 0 fully saturated rings. The van der Waals surface area contributed by atoms with Crippen LogP contribution in [0.5, 0.6) is 0 Å². The van der Waals surface area contributed by atoms with E-state index in [1.807, 2.05) is 36.4 Å². The third kappa shape index (κ3) is 2.82. The Morgan fingerprint density at radius 2 is 1.93 bits per heavy atom. The molecule has 3 heterocycles. The third-order valence-electron chi connectivity index (χ3n) is 4.37. The zero-order valence-electron chi connectivity index (χ0n) is 14.5. The van der Waals surface area contributed by atoms with Crippen LogP contribution >= 0.6 is 0 Å². The van der Waals surface area contributed by atoms with E-state index in [1.165, 1.54) is 6.39 Å². The Morgan fingerprint density at radius 3 is 2.71 bits per heavy atom. The van der Waals surface area contributed by atoms with Crippen molar-refractivity contribution in [2.24, 2.45) is 0 Å². The third-order valence-corrected chi connectivity index (χ3v) is 4.37. The molecule has 0 aliphatic rings. The maximum atomic E-state index is 12.6. The summed E-state index contributed by atoms with van der Waals surface area (Å²) in [5.74, 6) is 0.982. The van der Waals surface area contributed by atoms with Gasteiger partial charge in [0.15, 0.2) is 23.7 Å². The number of fused-ring (bicyclic) bond motifs is 1. The highest BCUT2D eigenvalue weighted by molar-refractivity contribution is 6.06. The van der Waals surface area contributed by atoms with E-state index in [-0.39, 0.29) is 5.91 Å². The lowest BCUT2D eigenvalue weighted by Crippen LogP contribution is -2.12. The lowest BCUT2D eigenvalue weighted by atomic mass is 10.1. The number of nitrogens with zero attached hydrogens (tertiary/aromatic N) is 3. The van der Waals surface area contributed by atoms with Crippen molar-refractivity contribution in [3.05, 3.63) is 72.9 Å². The van der Waals surface area contributed by atoms with Gasteiger partial charge in [0.05, 0.1) is 22.9 Å². The van der Waals surface area contributed by atoms with Crippen molar-refractivity contribution in [1.29, 1.82) is 0 Å². The van der Waals surface area contributed by atoms with Crippen molar-refractivity contribution < 1.29 is 9.21 Å². The lowest BCUT2D eigenvalue weighted by molar-refractivity contribution is 0.102. The van der Waals surface area contributed by atoms with Crippen LogP contribution in [0.25, 0.3) is 33.9 Å². The van der Waals surface area contributed by atoms with Gasteiger partial charge in [-0.05, 0) is 24.3 Å². The summed E-state index contributed by atoms with van der Waals surface area (Å²) in [6.07, 6.45) is 4.62. The molecule has 3 aromatic heterocycles. The smallest absolute Gasteiger partial charge is 0.255 e. The van der Waals surface area contributed by atoms with Gasteiger partial charge in [0.2, 0.25) is 0 Å². The first-order chi connectivity index (χ1) is 13.8. The minimum Gasteiger partial charge on any atom is -0.444 e. The molecule has 0 saturated carbocycles. The number of anilines is 1. The van der Waals surface area contributed by atoms with Gasteiger partial charge in [0, 0.05) is 17.3 Å². The van der Waals surface area contributed by atoms with Crippen LogP contribution in [0.2, 0.25) is 0 Å². The van der Waals surface area contributed by atoms with Gasteiger partial charge in [-0.1, -0.05) is 24.3 Å². The number of para-hydroxylation sites is 2. The predicted octanol–water partition coefficient (Wildman–Crippen LogP) is 3.86. The molecule has 1 amide bonds. The van der Waals surface area contributed by atoms with Crippen LogP contribution in [0.3, 0.4) is 0 Å². The molecule has 5 aromatic rings. The van der Waals surface area contributed by atoms with Crippen molar-refractivity contribution >= 4 is 22.6 Å². The van der Waals surface area contributed by atoms with Crippen LogP contribution in [-0.2, 0) is 0 Å². The second kappa shape index (κ2) is 6.51. The molecule has 0 spiro atoms. The van der Waals surface area contributed by atoms with Gasteiger partial charge < -0.3 is 14.7 Å². The highest BCUT2D eigenvalue weighted by Gasteiger charge is 2.16. The zero-order valence-corrected chi connectivity index (χ0v) is 14.5. The molecule has 0 aliphatic carbocycles. The lowest BCUT2D eigenvalue weighted by Gasteiger charge is -2.05. The van der Waals surface area contributed by atoms with Gasteiger partial charge >= 0.3 is 0 Å². The summed E-state index contributed by atoms with van der Waals surface area (Å²) >= 11 is 0. The number of benzene rings is 2. The highest BCUT2D eigenvalue weighted by Crippen LogP contribution is 2.26. The van der Waals surface area contributed by atoms with Crippen LogP contribution in [0, 0.1) is 0 Å². The second-order valence-electron chi connectivity index (χ2n) is 6.15. The summed E-state index contributed by atoms with van der Waals surface area (Å²) in [6, 6.07) is 14.8. The molecule has 28 heavy (non-hydrogen) atoms. The first-order valence-electron chi connectivity index (χ1n) is 8.57. The summed E-state index contributed by atoms with van der Waals surface area (Å²) in [6.45, 7) is 0. The number of oxazole rings is 1. The highest BCUT2D eigenvalue weighted by atomic mass is 16.3. The second-order valence-corrected chi connectivity index (χ2v) is 6.15. The topological polar surface area (TPSA) is 112 Å². The fraction of sp³-hybridized carbons (Fsp3) is 0. The minimum absolute atomic E-state index is 0.247. The number of amides is 1. The summed E-state index contributed by atoms with van der Waals surface area (Å²) in [5.41, 5.74) is 4.19. The first kappa shape index (κ1) is 16.0. The number of imidazole rings is 1. The Morgan fingerprint density at radius 1 is 1.07 bits per heavy atom. The number of hydrogen-bond acceptors (Lipinski definition) is 5. The van der Waals surface area contributed by atoms with E-state index in [0.717, 1.165) is 16.6 Å². The van der Waals surface area contributed by atoms with Crippen molar-refractivity contribution in [1.82, 2.24) is 25.1 Å². The van der Waals surface area contributed by atoms with Crippen LogP contribution in [0.4, 0.5) is 5.69 Å². The number of carbonyl (C=O) groups is 1. The maximum Gasteiger partial charge on any atom is 0.255 e. The maximum absolute atomic E-state index is 12.6. The number of H-pyrrole nitrogens is 2. The fourth-order valence-corrected chi connectivity index (χ4v) is 2.97. The van der Waals surface area contributed by atoms with E-state index in [9.17, 15) is 4.79 Å². The molecule has 136 valence electrons. The van der Waals surface area contributed by atoms with E-state index in [1.54, 1.807) is 24.5 Å². The van der Waals surface area contributed by atoms with Gasteiger partial charge in [-0.25, -0.2) is 9.97 Å². The Kier molecular flexibility index (Phi) is 3.72. The number of carbonyl (C=O) groups excluding carboxylic acids is 1. The van der Waals surface area contributed by atoms with Crippen molar-refractivity contribution in [3.8, 4) is 22.8 Å². The summed E-state index contributed by atoms with van der Waals surface area (Å²) in [5, 5.41) is 9.88. The molecular weight excluding hydrogens is 356 g/mol. The Balaban J connectivity index is 1.39. The molecule has 2 aromatic carbocycles. The van der Waals surface area contributed by atoms with E-state index >= 15 is 0 Å². The molecule has 3 N–H and O–H groups in total. The first-order valence-corrected chi connectivity index (χ1v) is 8.57. The largest absolute Gasteiger partial charge is 0.444 e. The van der Waals surface area contributed by atoms with E-state index < -0.39 is 0 Å². The van der Waals surface area contributed by atoms with Crippen LogP contribution in [0.1, 0.15) is 10.4 Å². The molecule has 0 unspecified atom stereocenters.